The van der Waals surface area contributed by atoms with Gasteiger partial charge in [-0.2, -0.15) is 0 Å². The number of hydrogen-bond donors (Lipinski definition) is 1. The van der Waals surface area contributed by atoms with Crippen molar-refractivity contribution >= 4 is 0 Å². The van der Waals surface area contributed by atoms with Gasteiger partial charge < -0.3 is 5.11 Å². The third kappa shape index (κ3) is 1.54. The van der Waals surface area contributed by atoms with E-state index in [9.17, 15) is 0 Å². The van der Waals surface area contributed by atoms with Gasteiger partial charge in [0, 0.05) is 0 Å². The van der Waals surface area contributed by atoms with E-state index in [1.54, 1.807) is 24.3 Å². The number of rotatable bonds is 1. The maximum Gasteiger partial charge on any atom is 0.0681 e. The Labute approximate surface area is 57.8 Å². The molecule has 0 unspecified atom stereocenters. The molecule has 1 rings (SSSR count). The van der Waals surface area contributed by atoms with Crippen molar-refractivity contribution in [3.05, 3.63) is 35.4 Å². The van der Waals surface area contributed by atoms with E-state index in [0.29, 0.717) is 5.56 Å². The number of aliphatic hydroxyl groups is 1. The van der Waals surface area contributed by atoms with Gasteiger partial charge in [0.1, 0.15) is 0 Å². The molecule has 0 aliphatic carbocycles. The van der Waals surface area contributed by atoms with E-state index < -0.39 is 6.56 Å². The van der Waals surface area contributed by atoms with Crippen LogP contribution >= 0.6 is 0 Å². The number of benzene rings is 1. The lowest BCUT2D eigenvalue weighted by atomic mass is 10.2. The molecule has 0 aliphatic heterocycles. The summed E-state index contributed by atoms with van der Waals surface area (Å²) in [5.74, 6) is 0. The van der Waals surface area contributed by atoms with Gasteiger partial charge in [0.25, 0.3) is 0 Å². The van der Waals surface area contributed by atoms with Gasteiger partial charge in [0.05, 0.1) is 9.30 Å². The molecular formula is C8H10O. The van der Waals surface area contributed by atoms with E-state index in [4.69, 9.17) is 7.85 Å². The molecule has 0 radical (unpaired) electrons. The van der Waals surface area contributed by atoms with Gasteiger partial charge in [-0.3, -0.25) is 0 Å². The van der Waals surface area contributed by atoms with E-state index in [0.717, 1.165) is 5.56 Å². The quantitative estimate of drug-likeness (QED) is 0.604. The normalized spacial score (nSPS) is 14.4. The summed E-state index contributed by atoms with van der Waals surface area (Å²) in [7, 11) is 0. The highest BCUT2D eigenvalue weighted by Gasteiger charge is 1.85. The van der Waals surface area contributed by atoms with Gasteiger partial charge in [0.15, 0.2) is 0 Å². The molecule has 0 amide bonds. The third-order valence-corrected chi connectivity index (χ3v) is 1.18. The zero-order chi connectivity index (χ0) is 8.48. The first-order valence-corrected chi connectivity index (χ1v) is 2.79. The van der Waals surface area contributed by atoms with Crippen LogP contribution in [-0.2, 0) is 6.56 Å². The van der Waals surface area contributed by atoms with Crippen LogP contribution in [0.4, 0.5) is 0 Å². The fraction of sp³-hybridized carbons (Fsp3) is 0.250. The molecular weight excluding hydrogens is 112 g/mol. The molecule has 0 heterocycles. The lowest BCUT2D eigenvalue weighted by Gasteiger charge is -1.93. The Balaban J connectivity index is 2.99. The molecule has 0 atom stereocenters. The van der Waals surface area contributed by atoms with Gasteiger partial charge in [-0.25, -0.2) is 0 Å². The molecule has 1 heteroatoms. The average molecular weight is 126 g/mol. The van der Waals surface area contributed by atoms with Gasteiger partial charge in [-0.1, -0.05) is 29.8 Å². The topological polar surface area (TPSA) is 20.2 Å². The summed E-state index contributed by atoms with van der Waals surface area (Å²) in [6.45, 7) is -0.301. The Kier molecular flexibility index (Phi) is 1.20. The Morgan fingerprint density at radius 2 is 2.00 bits per heavy atom. The molecule has 1 N–H and O–H groups in total. The summed E-state index contributed by atoms with van der Waals surface area (Å²) < 4.78 is 13.9. The SMILES string of the molecule is [3H]C([3H])(O)c1ccc(C)cc1. The molecule has 9 heavy (non-hydrogen) atoms. The van der Waals surface area contributed by atoms with Gasteiger partial charge >= 0.3 is 0 Å². The van der Waals surface area contributed by atoms with Crippen molar-refractivity contribution in [1.82, 2.24) is 0 Å². The van der Waals surface area contributed by atoms with Crippen LogP contribution in [0.2, 0.25) is 0 Å². The standard InChI is InChI=1S/C8H10O/c1-7-2-4-8(6-9)5-3-7/h2-5,9H,6H2,1H3/i6T2. The van der Waals surface area contributed by atoms with E-state index >= 15 is 0 Å². The molecule has 0 bridgehead atoms. The molecule has 1 aromatic rings. The zero-order valence-electron chi connectivity index (χ0n) is 7.26. The molecule has 0 spiro atoms. The van der Waals surface area contributed by atoms with Crippen molar-refractivity contribution < 1.29 is 7.85 Å². The molecule has 1 nitrogen and oxygen atoms in total. The van der Waals surface area contributed by atoms with Crippen molar-refractivity contribution in [2.24, 2.45) is 0 Å². The van der Waals surface area contributed by atoms with Crippen molar-refractivity contribution in [2.45, 2.75) is 13.5 Å². The Morgan fingerprint density at radius 3 is 2.44 bits per heavy atom. The van der Waals surface area contributed by atoms with Crippen molar-refractivity contribution in [1.29, 1.82) is 0 Å². The van der Waals surface area contributed by atoms with Crippen LogP contribution < -0.4 is 0 Å². The van der Waals surface area contributed by atoms with E-state index in [-0.39, 0.29) is 0 Å². The first kappa shape index (κ1) is 4.07. The van der Waals surface area contributed by atoms with Crippen molar-refractivity contribution in [3.63, 3.8) is 0 Å². The number of hydrogen-bond acceptors (Lipinski definition) is 1. The summed E-state index contributed by atoms with van der Waals surface area (Å²) in [6, 6.07) is 6.69. The second-order valence-corrected chi connectivity index (χ2v) is 1.98. The van der Waals surface area contributed by atoms with Crippen LogP contribution in [0.5, 0.6) is 0 Å². The first-order chi connectivity index (χ1) is 5.00. The monoisotopic (exact) mass is 126 g/mol. The highest BCUT2D eigenvalue weighted by Crippen LogP contribution is 2.01. The summed E-state index contributed by atoms with van der Waals surface area (Å²) in [5, 5.41) is 8.91. The minimum Gasteiger partial charge on any atom is -0.392 e. The minimum absolute atomic E-state index is 0.295. The van der Waals surface area contributed by atoms with Crippen LogP contribution in [0.15, 0.2) is 24.3 Å². The molecule has 0 saturated carbocycles. The highest BCUT2D eigenvalue weighted by molar-refractivity contribution is 5.20. The third-order valence-electron chi connectivity index (χ3n) is 1.18. The van der Waals surface area contributed by atoms with Crippen molar-refractivity contribution in [2.75, 3.05) is 0 Å². The molecule has 0 saturated heterocycles. The summed E-state index contributed by atoms with van der Waals surface area (Å²) >= 11 is 0. The van der Waals surface area contributed by atoms with E-state index in [1.807, 2.05) is 6.92 Å². The second-order valence-electron chi connectivity index (χ2n) is 1.98. The molecule has 0 aromatic heterocycles. The molecule has 0 aliphatic rings. The predicted octanol–water partition coefficient (Wildman–Crippen LogP) is 1.49. The maximum absolute atomic E-state index is 8.91. The Bertz CT molecular complexity index is 235. The molecule has 48 valence electrons. The van der Waals surface area contributed by atoms with Crippen LogP contribution in [0.1, 0.15) is 13.9 Å². The molecule has 0 fully saturated rings. The van der Waals surface area contributed by atoms with Gasteiger partial charge in [-0.15, -0.1) is 0 Å². The van der Waals surface area contributed by atoms with Crippen LogP contribution in [0, 0.1) is 6.92 Å². The van der Waals surface area contributed by atoms with E-state index in [1.165, 1.54) is 0 Å². The lowest BCUT2D eigenvalue weighted by molar-refractivity contribution is 0.282. The van der Waals surface area contributed by atoms with E-state index in [2.05, 4.69) is 0 Å². The predicted molar refractivity (Wildman–Crippen MR) is 37.1 cm³/mol. The summed E-state index contributed by atoms with van der Waals surface area (Å²) in [5.41, 5.74) is 1.35. The maximum atomic E-state index is 8.91. The summed E-state index contributed by atoms with van der Waals surface area (Å²) in [6.07, 6.45) is 0. The number of aryl methyl sites for hydroxylation is 1. The first-order valence-electron chi connectivity index (χ1n) is 3.79. The Morgan fingerprint density at radius 1 is 1.44 bits per heavy atom. The fourth-order valence-corrected chi connectivity index (χ4v) is 0.628. The van der Waals surface area contributed by atoms with Crippen molar-refractivity contribution in [3.8, 4) is 0 Å². The molecule has 1 aromatic carbocycles. The van der Waals surface area contributed by atoms with Crippen LogP contribution in [0.25, 0.3) is 0 Å². The highest BCUT2D eigenvalue weighted by atomic mass is 16.3. The second kappa shape index (κ2) is 2.65. The van der Waals surface area contributed by atoms with Crippen LogP contribution in [-0.4, -0.2) is 5.11 Å². The van der Waals surface area contributed by atoms with Gasteiger partial charge in [0.2, 0.25) is 0 Å². The lowest BCUT2D eigenvalue weighted by Crippen LogP contribution is -1.80. The fourth-order valence-electron chi connectivity index (χ4n) is 0.628. The van der Waals surface area contributed by atoms with Gasteiger partial charge in [-0.05, 0) is 12.5 Å². The average Bonchev–Trinajstić information content (AvgIpc) is 1.86. The zero-order valence-corrected chi connectivity index (χ0v) is 5.26. The minimum atomic E-state index is -2.21. The largest absolute Gasteiger partial charge is 0.392 e. The summed E-state index contributed by atoms with van der Waals surface area (Å²) in [4.78, 5) is 0. The Hall–Kier alpha value is -0.820. The smallest absolute Gasteiger partial charge is 0.0681 e. The van der Waals surface area contributed by atoms with Crippen LogP contribution in [0.3, 0.4) is 0 Å².